The van der Waals surface area contributed by atoms with Gasteiger partial charge < -0.3 is 16.0 Å². The smallest absolute Gasteiger partial charge is 0.255 e. The summed E-state index contributed by atoms with van der Waals surface area (Å²) in [7, 11) is 0. The second kappa shape index (κ2) is 7.51. The number of nitrogens with two attached hydrogens (primary N) is 1. The Labute approximate surface area is 195 Å². The molecule has 0 aliphatic heterocycles. The predicted octanol–water partition coefficient (Wildman–Crippen LogP) is 7.02. The van der Waals surface area contributed by atoms with E-state index in [1.165, 1.54) is 29.5 Å². The molecule has 4 heteroatoms. The Balaban J connectivity index is 1.48. The van der Waals surface area contributed by atoms with Gasteiger partial charge in [0, 0.05) is 22.2 Å². The van der Waals surface area contributed by atoms with Crippen LogP contribution in [0.3, 0.4) is 0 Å². The van der Waals surface area contributed by atoms with Crippen molar-refractivity contribution < 1.29 is 4.79 Å². The van der Waals surface area contributed by atoms with Crippen molar-refractivity contribution in [2.75, 3.05) is 11.1 Å². The summed E-state index contributed by atoms with van der Waals surface area (Å²) in [5, 5.41) is 3.98. The number of nitrogen functional groups attached to an aromatic ring is 1. The normalized spacial score (nSPS) is 16.4. The number of H-pyrrole nitrogens is 1. The number of carbonyl (C=O) groups excluding carboxylic acids is 1. The molecule has 5 rings (SSSR count). The molecule has 0 atom stereocenters. The highest BCUT2D eigenvalue weighted by atomic mass is 16.1. The Hall–Kier alpha value is -3.53. The van der Waals surface area contributed by atoms with E-state index < -0.39 is 0 Å². The first kappa shape index (κ1) is 21.3. The van der Waals surface area contributed by atoms with Crippen molar-refractivity contribution in [3.63, 3.8) is 0 Å². The average molecular weight is 438 g/mol. The van der Waals surface area contributed by atoms with Gasteiger partial charge in [-0.3, -0.25) is 4.79 Å². The molecule has 0 fully saturated rings. The summed E-state index contributed by atoms with van der Waals surface area (Å²) in [5.74, 6) is -0.177. The minimum absolute atomic E-state index is 0.164. The number of carbonyl (C=O) groups is 1. The topological polar surface area (TPSA) is 70.9 Å². The van der Waals surface area contributed by atoms with Crippen LogP contribution in [0.15, 0.2) is 66.7 Å². The molecule has 1 aliphatic rings. The van der Waals surface area contributed by atoms with E-state index in [4.69, 9.17) is 5.73 Å². The van der Waals surface area contributed by atoms with Gasteiger partial charge in [-0.1, -0.05) is 58.0 Å². The Morgan fingerprint density at radius 3 is 2.36 bits per heavy atom. The standard InChI is InChI=1S/C29H31N3O/c1-28(2)13-14-29(3,4)22-15-18(11-12-21(22)28)25-16-19-9-10-20(17-26(19)31-25)27(33)32-24-8-6-5-7-23(24)30/h5-12,15-17,31H,13-14,30H2,1-4H3,(H,32,33). The maximum absolute atomic E-state index is 12.8. The average Bonchev–Trinajstić information content (AvgIpc) is 3.22. The fraction of sp³-hybridized carbons (Fsp3) is 0.276. The van der Waals surface area contributed by atoms with Crippen LogP contribution in [0.1, 0.15) is 62.0 Å². The first-order valence-corrected chi connectivity index (χ1v) is 11.6. The summed E-state index contributed by atoms with van der Waals surface area (Å²) in [6.45, 7) is 9.39. The second-order valence-electron chi connectivity index (χ2n) is 10.6. The van der Waals surface area contributed by atoms with Gasteiger partial charge in [-0.25, -0.2) is 0 Å². The van der Waals surface area contributed by atoms with Gasteiger partial charge in [0.2, 0.25) is 0 Å². The van der Waals surface area contributed by atoms with Crippen LogP contribution in [-0.4, -0.2) is 10.9 Å². The van der Waals surface area contributed by atoms with Gasteiger partial charge in [-0.2, -0.15) is 0 Å². The maximum atomic E-state index is 12.8. The van der Waals surface area contributed by atoms with Crippen molar-refractivity contribution >= 4 is 28.2 Å². The van der Waals surface area contributed by atoms with E-state index >= 15 is 0 Å². The lowest BCUT2D eigenvalue weighted by molar-refractivity contribution is 0.102. The molecule has 1 heterocycles. The number of benzene rings is 3. The van der Waals surface area contributed by atoms with E-state index in [-0.39, 0.29) is 16.7 Å². The Morgan fingerprint density at radius 2 is 1.61 bits per heavy atom. The van der Waals surface area contributed by atoms with E-state index in [1.807, 2.05) is 30.3 Å². The number of aromatic nitrogens is 1. The molecule has 168 valence electrons. The maximum Gasteiger partial charge on any atom is 0.255 e. The fourth-order valence-electron chi connectivity index (χ4n) is 4.99. The number of amides is 1. The third-order valence-corrected chi connectivity index (χ3v) is 7.26. The number of para-hydroxylation sites is 2. The fourth-order valence-corrected chi connectivity index (χ4v) is 4.99. The van der Waals surface area contributed by atoms with E-state index in [1.54, 1.807) is 12.1 Å². The predicted molar refractivity (Wildman–Crippen MR) is 138 cm³/mol. The van der Waals surface area contributed by atoms with Gasteiger partial charge >= 0.3 is 0 Å². The lowest BCUT2D eigenvalue weighted by Gasteiger charge is -2.42. The number of rotatable bonds is 3. The van der Waals surface area contributed by atoms with Crippen molar-refractivity contribution in [2.24, 2.45) is 0 Å². The van der Waals surface area contributed by atoms with Crippen molar-refractivity contribution in [3.8, 4) is 11.3 Å². The number of fused-ring (bicyclic) bond motifs is 2. The molecule has 0 saturated carbocycles. The van der Waals surface area contributed by atoms with Crippen molar-refractivity contribution in [2.45, 2.75) is 51.4 Å². The van der Waals surface area contributed by atoms with Crippen molar-refractivity contribution in [1.82, 2.24) is 4.98 Å². The van der Waals surface area contributed by atoms with Gasteiger partial charge in [-0.15, -0.1) is 0 Å². The SMILES string of the molecule is CC1(C)CCC(C)(C)c2cc(-c3cc4ccc(C(=O)Nc5ccccc5N)cc4[nH]3)ccc21. The highest BCUT2D eigenvalue weighted by molar-refractivity contribution is 6.07. The van der Waals surface area contributed by atoms with E-state index in [0.717, 1.165) is 16.6 Å². The highest BCUT2D eigenvalue weighted by Crippen LogP contribution is 2.46. The summed E-state index contributed by atoms with van der Waals surface area (Å²) in [6, 6.07) is 22.1. The molecule has 3 aromatic carbocycles. The van der Waals surface area contributed by atoms with Crippen molar-refractivity contribution in [3.05, 3.63) is 83.4 Å². The molecule has 1 aromatic heterocycles. The van der Waals surface area contributed by atoms with Crippen LogP contribution in [0.4, 0.5) is 11.4 Å². The molecule has 0 spiro atoms. The minimum Gasteiger partial charge on any atom is -0.397 e. The summed E-state index contributed by atoms with van der Waals surface area (Å²) in [6.07, 6.45) is 2.39. The van der Waals surface area contributed by atoms with Gasteiger partial charge in [0.1, 0.15) is 0 Å². The van der Waals surface area contributed by atoms with E-state index in [0.29, 0.717) is 16.9 Å². The van der Waals surface area contributed by atoms with Gasteiger partial charge in [0.15, 0.2) is 0 Å². The molecule has 1 amide bonds. The van der Waals surface area contributed by atoms with E-state index in [9.17, 15) is 4.79 Å². The second-order valence-corrected chi connectivity index (χ2v) is 10.6. The zero-order valence-corrected chi connectivity index (χ0v) is 19.8. The van der Waals surface area contributed by atoms with Gasteiger partial charge in [0.25, 0.3) is 5.91 Å². The van der Waals surface area contributed by atoms with Crippen LogP contribution in [0.5, 0.6) is 0 Å². The van der Waals surface area contributed by atoms with Crippen LogP contribution in [0.2, 0.25) is 0 Å². The molecule has 0 unspecified atom stereocenters. The highest BCUT2D eigenvalue weighted by Gasteiger charge is 2.37. The summed E-state index contributed by atoms with van der Waals surface area (Å²) < 4.78 is 0. The largest absolute Gasteiger partial charge is 0.397 e. The lowest BCUT2D eigenvalue weighted by Crippen LogP contribution is -2.33. The first-order chi connectivity index (χ1) is 15.6. The first-order valence-electron chi connectivity index (χ1n) is 11.6. The molecule has 33 heavy (non-hydrogen) atoms. The van der Waals surface area contributed by atoms with Crippen LogP contribution in [0, 0.1) is 0 Å². The Morgan fingerprint density at radius 1 is 0.879 bits per heavy atom. The monoisotopic (exact) mass is 437 g/mol. The molecule has 0 bridgehead atoms. The summed E-state index contributed by atoms with van der Waals surface area (Å²) in [5.41, 5.74) is 14.2. The number of hydrogen-bond donors (Lipinski definition) is 3. The van der Waals surface area contributed by atoms with Crippen LogP contribution < -0.4 is 11.1 Å². The van der Waals surface area contributed by atoms with Gasteiger partial charge in [-0.05, 0) is 76.8 Å². The molecule has 1 aliphatic carbocycles. The minimum atomic E-state index is -0.177. The molecular formula is C29H31N3O. The summed E-state index contributed by atoms with van der Waals surface area (Å²) >= 11 is 0. The molecule has 0 saturated heterocycles. The molecule has 4 N–H and O–H groups in total. The van der Waals surface area contributed by atoms with Crippen molar-refractivity contribution in [1.29, 1.82) is 0 Å². The Bertz CT molecular complexity index is 1380. The quantitative estimate of drug-likeness (QED) is 0.301. The lowest BCUT2D eigenvalue weighted by atomic mass is 9.63. The van der Waals surface area contributed by atoms with Crippen LogP contribution >= 0.6 is 0 Å². The molecule has 4 nitrogen and oxygen atoms in total. The van der Waals surface area contributed by atoms with Crippen LogP contribution in [0.25, 0.3) is 22.2 Å². The van der Waals surface area contributed by atoms with Gasteiger partial charge in [0.05, 0.1) is 11.4 Å². The molecule has 4 aromatic rings. The van der Waals surface area contributed by atoms with E-state index in [2.05, 4.69) is 62.3 Å². The zero-order valence-electron chi connectivity index (χ0n) is 19.8. The van der Waals surface area contributed by atoms with Crippen LogP contribution in [-0.2, 0) is 10.8 Å². The number of hydrogen-bond acceptors (Lipinski definition) is 2. The third kappa shape index (κ3) is 3.80. The summed E-state index contributed by atoms with van der Waals surface area (Å²) in [4.78, 5) is 16.3. The zero-order chi connectivity index (χ0) is 23.4. The number of anilines is 2. The molecule has 0 radical (unpaired) electrons. The number of aromatic amines is 1. The molecular weight excluding hydrogens is 406 g/mol. The Kier molecular flexibility index (Phi) is 4.86. The third-order valence-electron chi connectivity index (χ3n) is 7.26. The number of nitrogens with one attached hydrogen (secondary N) is 2.